The summed E-state index contributed by atoms with van der Waals surface area (Å²) in [6.45, 7) is 3.39. The summed E-state index contributed by atoms with van der Waals surface area (Å²) in [6.07, 6.45) is 0.344. The number of aliphatic hydroxyl groups is 1. The van der Waals surface area contributed by atoms with Crippen LogP contribution in [0.25, 0.3) is 0 Å². The molecule has 1 aliphatic rings. The molecule has 1 fully saturated rings. The van der Waals surface area contributed by atoms with Gasteiger partial charge in [0.25, 0.3) is 0 Å². The molecule has 1 aliphatic heterocycles. The highest BCUT2D eigenvalue weighted by Gasteiger charge is 2.22. The summed E-state index contributed by atoms with van der Waals surface area (Å²) in [5.74, 6) is -0.286. The third-order valence-electron chi connectivity index (χ3n) is 3.11. The molecule has 2 N–H and O–H groups in total. The molecule has 0 aliphatic carbocycles. The number of halogens is 1. The largest absolute Gasteiger partial charge is 0.387 e. The van der Waals surface area contributed by atoms with E-state index in [1.165, 1.54) is 12.1 Å². The number of hydrogen-bond acceptors (Lipinski definition) is 3. The van der Waals surface area contributed by atoms with Crippen LogP contribution < -0.4 is 5.32 Å². The fourth-order valence-corrected chi connectivity index (χ4v) is 2.08. The highest BCUT2D eigenvalue weighted by Crippen LogP contribution is 2.18. The Labute approximate surface area is 101 Å². The van der Waals surface area contributed by atoms with Crippen LogP contribution in [0.4, 0.5) is 4.39 Å². The van der Waals surface area contributed by atoms with E-state index in [0.717, 1.165) is 18.6 Å². The molecule has 0 saturated carbocycles. The van der Waals surface area contributed by atoms with Crippen molar-refractivity contribution in [1.82, 2.24) is 5.32 Å². The van der Waals surface area contributed by atoms with Crippen LogP contribution in [0, 0.1) is 5.82 Å². The fourth-order valence-electron chi connectivity index (χ4n) is 2.08. The summed E-state index contributed by atoms with van der Waals surface area (Å²) in [7, 11) is 0. The molecule has 0 radical (unpaired) electrons. The van der Waals surface area contributed by atoms with Crippen LogP contribution in [0.2, 0.25) is 0 Å². The molecule has 1 aromatic rings. The van der Waals surface area contributed by atoms with E-state index in [0.29, 0.717) is 12.6 Å². The van der Waals surface area contributed by atoms with E-state index >= 15 is 0 Å². The number of ether oxygens (including phenoxy) is 1. The van der Waals surface area contributed by atoms with Crippen molar-refractivity contribution in [2.24, 2.45) is 0 Å². The highest BCUT2D eigenvalue weighted by molar-refractivity contribution is 5.19. The second-order valence-corrected chi connectivity index (χ2v) is 4.51. The molecule has 0 spiro atoms. The molecule has 17 heavy (non-hydrogen) atoms. The molecule has 0 aromatic heterocycles. The smallest absolute Gasteiger partial charge is 0.123 e. The maximum absolute atomic E-state index is 12.8. The summed E-state index contributed by atoms with van der Waals surface area (Å²) in [5, 5.41) is 13.4. The number of rotatable bonds is 4. The Bertz CT molecular complexity index is 349. The van der Waals surface area contributed by atoms with Crippen LogP contribution in [0.1, 0.15) is 25.0 Å². The molecular formula is C13H18FNO2. The Morgan fingerprint density at radius 2 is 2.12 bits per heavy atom. The first-order valence-electron chi connectivity index (χ1n) is 5.94. The molecule has 3 nitrogen and oxygen atoms in total. The van der Waals surface area contributed by atoms with E-state index in [-0.39, 0.29) is 11.9 Å². The first kappa shape index (κ1) is 12.5. The Balaban J connectivity index is 1.93. The molecule has 3 atom stereocenters. The van der Waals surface area contributed by atoms with Crippen LogP contribution in [0.3, 0.4) is 0 Å². The van der Waals surface area contributed by atoms with Gasteiger partial charge >= 0.3 is 0 Å². The minimum absolute atomic E-state index is 0.0767. The molecule has 94 valence electrons. The fraction of sp³-hybridized carbons (Fsp3) is 0.538. The molecule has 2 rings (SSSR count). The van der Waals surface area contributed by atoms with Gasteiger partial charge < -0.3 is 15.2 Å². The van der Waals surface area contributed by atoms with Crippen LogP contribution in [0.15, 0.2) is 24.3 Å². The molecule has 1 saturated heterocycles. The quantitative estimate of drug-likeness (QED) is 0.839. The van der Waals surface area contributed by atoms with Gasteiger partial charge in [-0.3, -0.25) is 0 Å². The first-order valence-corrected chi connectivity index (χ1v) is 5.94. The van der Waals surface area contributed by atoms with E-state index in [4.69, 9.17) is 4.74 Å². The molecule has 4 heteroatoms. The maximum atomic E-state index is 12.8. The van der Waals surface area contributed by atoms with Gasteiger partial charge in [-0.25, -0.2) is 4.39 Å². The van der Waals surface area contributed by atoms with Crippen molar-refractivity contribution in [2.75, 3.05) is 13.2 Å². The Morgan fingerprint density at radius 3 is 2.71 bits per heavy atom. The lowest BCUT2D eigenvalue weighted by Crippen LogP contribution is -2.40. The minimum atomic E-state index is -0.629. The zero-order chi connectivity index (χ0) is 12.3. The molecule has 3 unspecified atom stereocenters. The Morgan fingerprint density at radius 1 is 1.41 bits per heavy atom. The third kappa shape index (κ3) is 3.25. The molecular weight excluding hydrogens is 221 g/mol. The molecule has 1 aromatic carbocycles. The zero-order valence-corrected chi connectivity index (χ0v) is 9.90. The van der Waals surface area contributed by atoms with E-state index in [1.54, 1.807) is 12.1 Å². The van der Waals surface area contributed by atoms with Crippen molar-refractivity contribution >= 4 is 0 Å². The van der Waals surface area contributed by atoms with Crippen molar-refractivity contribution in [3.05, 3.63) is 35.6 Å². The number of aliphatic hydroxyl groups excluding tert-OH is 1. The van der Waals surface area contributed by atoms with Crippen LogP contribution in [-0.4, -0.2) is 30.4 Å². The monoisotopic (exact) mass is 239 g/mol. The summed E-state index contributed by atoms with van der Waals surface area (Å²) in [6, 6.07) is 6.19. The second kappa shape index (κ2) is 5.58. The van der Waals surface area contributed by atoms with E-state index in [2.05, 4.69) is 5.32 Å². The average molecular weight is 239 g/mol. The van der Waals surface area contributed by atoms with E-state index < -0.39 is 6.10 Å². The van der Waals surface area contributed by atoms with E-state index in [9.17, 15) is 9.50 Å². The van der Waals surface area contributed by atoms with Crippen LogP contribution in [0.5, 0.6) is 0 Å². The summed E-state index contributed by atoms with van der Waals surface area (Å²) >= 11 is 0. The summed E-state index contributed by atoms with van der Waals surface area (Å²) < 4.78 is 18.0. The van der Waals surface area contributed by atoms with Gasteiger partial charge in [0.2, 0.25) is 0 Å². The third-order valence-corrected chi connectivity index (χ3v) is 3.11. The van der Waals surface area contributed by atoms with Crippen molar-refractivity contribution in [1.29, 1.82) is 0 Å². The van der Waals surface area contributed by atoms with Gasteiger partial charge in [-0.05, 0) is 31.0 Å². The topological polar surface area (TPSA) is 41.5 Å². The standard InChI is InChI=1S/C13H18FNO2/c1-9(15-12-6-7-17-8-12)13(16)10-2-4-11(14)5-3-10/h2-5,9,12-13,15-16H,6-8H2,1H3. The van der Waals surface area contributed by atoms with Crippen LogP contribution in [-0.2, 0) is 4.74 Å². The average Bonchev–Trinajstić information content (AvgIpc) is 2.82. The minimum Gasteiger partial charge on any atom is -0.387 e. The first-order chi connectivity index (χ1) is 8.16. The molecule has 0 amide bonds. The van der Waals surface area contributed by atoms with Gasteiger partial charge in [-0.1, -0.05) is 12.1 Å². The lowest BCUT2D eigenvalue weighted by atomic mass is 10.0. The van der Waals surface area contributed by atoms with E-state index in [1.807, 2.05) is 6.92 Å². The number of hydrogen-bond donors (Lipinski definition) is 2. The summed E-state index contributed by atoms with van der Waals surface area (Å²) in [4.78, 5) is 0. The van der Waals surface area contributed by atoms with Crippen LogP contribution >= 0.6 is 0 Å². The van der Waals surface area contributed by atoms with Gasteiger partial charge in [-0.15, -0.1) is 0 Å². The highest BCUT2D eigenvalue weighted by atomic mass is 19.1. The predicted octanol–water partition coefficient (Wildman–Crippen LogP) is 1.63. The number of benzene rings is 1. The second-order valence-electron chi connectivity index (χ2n) is 4.51. The van der Waals surface area contributed by atoms with Gasteiger partial charge in [0.1, 0.15) is 5.82 Å². The summed E-state index contributed by atoms with van der Waals surface area (Å²) in [5.41, 5.74) is 0.727. The Hall–Kier alpha value is -0.970. The Kier molecular flexibility index (Phi) is 4.10. The van der Waals surface area contributed by atoms with Crippen molar-refractivity contribution in [3.8, 4) is 0 Å². The zero-order valence-electron chi connectivity index (χ0n) is 9.90. The van der Waals surface area contributed by atoms with Gasteiger partial charge in [-0.2, -0.15) is 0 Å². The predicted molar refractivity (Wildman–Crippen MR) is 63.2 cm³/mol. The maximum Gasteiger partial charge on any atom is 0.123 e. The van der Waals surface area contributed by atoms with Crippen molar-refractivity contribution < 1.29 is 14.2 Å². The normalized spacial score (nSPS) is 23.6. The van der Waals surface area contributed by atoms with Gasteiger partial charge in [0.15, 0.2) is 0 Å². The van der Waals surface area contributed by atoms with Crippen molar-refractivity contribution in [2.45, 2.75) is 31.5 Å². The van der Waals surface area contributed by atoms with Gasteiger partial charge in [0, 0.05) is 18.7 Å². The SMILES string of the molecule is CC(NC1CCOC1)C(O)c1ccc(F)cc1. The van der Waals surface area contributed by atoms with Crippen molar-refractivity contribution in [3.63, 3.8) is 0 Å². The molecule has 1 heterocycles. The lowest BCUT2D eigenvalue weighted by molar-refractivity contribution is 0.124. The van der Waals surface area contributed by atoms with Gasteiger partial charge in [0.05, 0.1) is 12.7 Å². The number of nitrogens with one attached hydrogen (secondary N) is 1. The lowest BCUT2D eigenvalue weighted by Gasteiger charge is -2.23. The molecule has 0 bridgehead atoms.